The summed E-state index contributed by atoms with van der Waals surface area (Å²) in [4.78, 5) is 21.7. The average molecular weight is 203 g/mol. The van der Waals surface area contributed by atoms with Gasteiger partial charge in [0.1, 0.15) is 5.69 Å². The van der Waals surface area contributed by atoms with Crippen LogP contribution in [0, 0.1) is 6.92 Å². The summed E-state index contributed by atoms with van der Waals surface area (Å²) in [5, 5.41) is 11.8. The van der Waals surface area contributed by atoms with Crippen molar-refractivity contribution in [3.63, 3.8) is 0 Å². The summed E-state index contributed by atoms with van der Waals surface area (Å²) in [6.45, 7) is 1.94. The first-order valence-electron chi connectivity index (χ1n) is 4.45. The monoisotopic (exact) mass is 203 g/mol. The maximum Gasteiger partial charge on any atom is 0.271 e. The van der Waals surface area contributed by atoms with E-state index in [1.54, 1.807) is 12.1 Å². The van der Waals surface area contributed by atoms with Crippen LogP contribution >= 0.6 is 0 Å². The second-order valence-electron chi connectivity index (χ2n) is 3.37. The Kier molecular flexibility index (Phi) is 2.04. The summed E-state index contributed by atoms with van der Waals surface area (Å²) in [5.74, 6) is -0.486. The molecule has 0 aromatic heterocycles. The molecule has 0 aliphatic carbocycles. The lowest BCUT2D eigenvalue weighted by atomic mass is 10.2. The van der Waals surface area contributed by atoms with Gasteiger partial charge < -0.3 is 10.4 Å². The number of aryl methyl sites for hydroxylation is 1. The van der Waals surface area contributed by atoms with E-state index in [9.17, 15) is 9.59 Å². The molecule has 2 N–H and O–H groups in total. The molecule has 2 rings (SSSR count). The number of benzene rings is 1. The van der Waals surface area contributed by atoms with E-state index in [1.807, 2.05) is 19.1 Å². The highest BCUT2D eigenvalue weighted by Crippen LogP contribution is 2.20. The van der Waals surface area contributed by atoms with Gasteiger partial charge in [-0.25, -0.2) is 0 Å². The topological polar surface area (TPSA) is 66.4 Å². The number of anilines is 2. The largest absolute Gasteiger partial charge is 0.502 e. The van der Waals surface area contributed by atoms with Crippen molar-refractivity contribution in [2.75, 3.05) is 5.32 Å². The molecule has 0 saturated heterocycles. The van der Waals surface area contributed by atoms with Crippen LogP contribution in [0.25, 0.3) is 0 Å². The molecule has 0 aliphatic heterocycles. The van der Waals surface area contributed by atoms with Gasteiger partial charge in [-0.3, -0.25) is 9.59 Å². The average Bonchev–Trinajstić information content (AvgIpc) is 2.27. The van der Waals surface area contributed by atoms with Crippen LogP contribution in [0.2, 0.25) is 0 Å². The molecule has 2 aromatic rings. The van der Waals surface area contributed by atoms with Crippen LogP contribution in [0.15, 0.2) is 33.9 Å². The molecule has 0 amide bonds. The van der Waals surface area contributed by atoms with Crippen LogP contribution in [0.1, 0.15) is 5.56 Å². The molecule has 0 aliphatic rings. The first kappa shape index (κ1) is 9.45. The summed E-state index contributed by atoms with van der Waals surface area (Å²) < 4.78 is 0. The minimum absolute atomic E-state index is 0.0242. The smallest absolute Gasteiger partial charge is 0.271 e. The van der Waals surface area contributed by atoms with Gasteiger partial charge in [-0.05, 0) is 19.1 Å². The number of nitrogens with one attached hydrogen (secondary N) is 1. The van der Waals surface area contributed by atoms with Crippen LogP contribution in [0.4, 0.5) is 11.4 Å². The lowest BCUT2D eigenvalue weighted by Crippen LogP contribution is -2.32. The highest BCUT2D eigenvalue weighted by Gasteiger charge is 2.19. The van der Waals surface area contributed by atoms with E-state index in [-0.39, 0.29) is 5.69 Å². The fourth-order valence-corrected chi connectivity index (χ4v) is 1.28. The number of rotatable bonds is 2. The van der Waals surface area contributed by atoms with E-state index in [0.717, 1.165) is 5.56 Å². The maximum atomic E-state index is 11.0. The minimum atomic E-state index is -0.829. The van der Waals surface area contributed by atoms with Crippen molar-refractivity contribution in [2.45, 2.75) is 6.92 Å². The lowest BCUT2D eigenvalue weighted by Gasteiger charge is -2.08. The number of aromatic hydroxyl groups is 1. The van der Waals surface area contributed by atoms with Gasteiger partial charge in [0.05, 0.1) is 0 Å². The third-order valence-corrected chi connectivity index (χ3v) is 2.21. The lowest BCUT2D eigenvalue weighted by molar-refractivity contribution is 0.466. The third kappa shape index (κ3) is 1.50. The Morgan fingerprint density at radius 2 is 1.67 bits per heavy atom. The van der Waals surface area contributed by atoms with Gasteiger partial charge in [-0.1, -0.05) is 17.7 Å². The van der Waals surface area contributed by atoms with E-state index < -0.39 is 16.6 Å². The molecule has 2 aromatic carbocycles. The Bertz CT molecular complexity index is 562. The minimum Gasteiger partial charge on any atom is -0.502 e. The first-order valence-corrected chi connectivity index (χ1v) is 4.45. The SMILES string of the molecule is Cc1ccc(Nc2c(O)c(=O)c2=O)cc1. The molecule has 76 valence electrons. The summed E-state index contributed by atoms with van der Waals surface area (Å²) >= 11 is 0. The van der Waals surface area contributed by atoms with Crippen LogP contribution < -0.4 is 16.2 Å². The van der Waals surface area contributed by atoms with Crippen LogP contribution in [-0.2, 0) is 0 Å². The van der Waals surface area contributed by atoms with Crippen molar-refractivity contribution in [1.82, 2.24) is 0 Å². The Hall–Kier alpha value is -2.10. The van der Waals surface area contributed by atoms with Gasteiger partial charge in [0, 0.05) is 5.69 Å². The van der Waals surface area contributed by atoms with Gasteiger partial charge in [0.25, 0.3) is 10.9 Å². The standard InChI is InChI=1S/C11H9NO3/c1-6-2-4-7(5-3-6)12-8-9(13)11(15)10(8)14/h2-5,12-13H,1H3. The molecule has 0 fully saturated rings. The molecule has 0 saturated carbocycles. The molecular formula is C11H9NO3. The van der Waals surface area contributed by atoms with Gasteiger partial charge in [-0.2, -0.15) is 0 Å². The summed E-state index contributed by atoms with van der Waals surface area (Å²) in [5.41, 5.74) is 0.235. The Balaban J connectivity index is 2.28. The first-order chi connectivity index (χ1) is 7.09. The second kappa shape index (κ2) is 3.24. The van der Waals surface area contributed by atoms with Gasteiger partial charge >= 0.3 is 0 Å². The predicted molar refractivity (Wildman–Crippen MR) is 57.5 cm³/mol. The van der Waals surface area contributed by atoms with Crippen molar-refractivity contribution < 1.29 is 5.11 Å². The molecule has 0 spiro atoms. The third-order valence-electron chi connectivity index (χ3n) is 2.21. The van der Waals surface area contributed by atoms with Crippen molar-refractivity contribution in [2.24, 2.45) is 0 Å². The van der Waals surface area contributed by atoms with Crippen molar-refractivity contribution >= 4 is 11.4 Å². The number of hydrogen-bond donors (Lipinski definition) is 2. The van der Waals surface area contributed by atoms with E-state index >= 15 is 0 Å². The van der Waals surface area contributed by atoms with Crippen LogP contribution in [0.5, 0.6) is 5.75 Å². The van der Waals surface area contributed by atoms with Crippen LogP contribution in [-0.4, -0.2) is 5.11 Å². The predicted octanol–water partition coefficient (Wildman–Crippen LogP) is 1.04. The quantitative estimate of drug-likeness (QED) is 0.716. The highest BCUT2D eigenvalue weighted by atomic mass is 16.3. The number of hydrogen-bond acceptors (Lipinski definition) is 4. The zero-order valence-corrected chi connectivity index (χ0v) is 8.07. The van der Waals surface area contributed by atoms with Gasteiger partial charge in [0.15, 0.2) is 5.75 Å². The molecule has 15 heavy (non-hydrogen) atoms. The Morgan fingerprint density at radius 1 is 1.07 bits per heavy atom. The van der Waals surface area contributed by atoms with E-state index in [0.29, 0.717) is 5.69 Å². The molecule has 0 heterocycles. The van der Waals surface area contributed by atoms with Gasteiger partial charge in [-0.15, -0.1) is 0 Å². The fourth-order valence-electron chi connectivity index (χ4n) is 1.28. The van der Waals surface area contributed by atoms with Crippen LogP contribution in [0.3, 0.4) is 0 Å². The normalized spacial score (nSPS) is 10.5. The highest BCUT2D eigenvalue weighted by molar-refractivity contribution is 5.69. The molecule has 0 atom stereocenters. The zero-order chi connectivity index (χ0) is 11.0. The van der Waals surface area contributed by atoms with Gasteiger partial charge in [0.2, 0.25) is 0 Å². The Labute approximate surface area is 85.5 Å². The van der Waals surface area contributed by atoms with Crippen molar-refractivity contribution in [3.8, 4) is 5.75 Å². The van der Waals surface area contributed by atoms with E-state index in [4.69, 9.17) is 5.11 Å². The summed E-state index contributed by atoms with van der Waals surface area (Å²) in [6, 6.07) is 7.27. The van der Waals surface area contributed by atoms with Crippen molar-refractivity contribution in [3.05, 3.63) is 50.3 Å². The van der Waals surface area contributed by atoms with E-state index in [2.05, 4.69) is 5.32 Å². The Morgan fingerprint density at radius 3 is 2.20 bits per heavy atom. The molecule has 4 heteroatoms. The summed E-state index contributed by atoms with van der Waals surface area (Å²) in [7, 11) is 0. The molecule has 0 unspecified atom stereocenters. The zero-order valence-electron chi connectivity index (χ0n) is 8.07. The maximum absolute atomic E-state index is 11.0. The molecule has 0 bridgehead atoms. The van der Waals surface area contributed by atoms with Crippen molar-refractivity contribution in [1.29, 1.82) is 0 Å². The van der Waals surface area contributed by atoms with E-state index in [1.165, 1.54) is 0 Å². The summed E-state index contributed by atoms with van der Waals surface area (Å²) in [6.07, 6.45) is 0. The second-order valence-corrected chi connectivity index (χ2v) is 3.37. The molecule has 0 radical (unpaired) electrons. The molecular weight excluding hydrogens is 194 g/mol. The fraction of sp³-hybridized carbons (Fsp3) is 0.0909. The molecule has 4 nitrogen and oxygen atoms in total.